The van der Waals surface area contributed by atoms with E-state index < -0.39 is 81.7 Å². The van der Waals surface area contributed by atoms with E-state index in [9.17, 15) is 54.4 Å². The number of hydrogen-bond donors (Lipinski definition) is 4. The molecule has 1 aliphatic rings. The molecule has 238 valence electrons. The van der Waals surface area contributed by atoms with Crippen LogP contribution in [-0.4, -0.2) is 42.7 Å². The zero-order valence-electron chi connectivity index (χ0n) is 22.7. The zero-order chi connectivity index (χ0) is 32.5. The Hall–Kier alpha value is -3.72. The van der Waals surface area contributed by atoms with Crippen molar-refractivity contribution in [2.24, 2.45) is 11.8 Å². The minimum absolute atomic E-state index is 0.0370. The number of carbonyl (C=O) groups excluding carboxylic acids is 2. The number of nitrogens with zero attached hydrogens (tertiary/aromatic N) is 1. The fraction of sp³-hybridized carbons (Fsp3) is 0.560. The molecule has 3 rings (SSSR count). The van der Waals surface area contributed by atoms with Gasteiger partial charge in [-0.1, -0.05) is 13.8 Å². The van der Waals surface area contributed by atoms with Crippen LogP contribution in [-0.2, 0) is 28.2 Å². The van der Waals surface area contributed by atoms with Gasteiger partial charge in [-0.15, -0.1) is 0 Å². The second kappa shape index (κ2) is 12.5. The summed E-state index contributed by atoms with van der Waals surface area (Å²) in [5, 5.41) is 12.7. The average molecular weight is 631 g/mol. The number of methoxy groups -OCH3 is 1. The fourth-order valence-corrected chi connectivity index (χ4v) is 4.73. The molecule has 1 aromatic carbocycles. The second-order valence-corrected chi connectivity index (χ2v) is 10.1. The van der Waals surface area contributed by atoms with Crippen molar-refractivity contribution in [3.63, 3.8) is 0 Å². The topological polar surface area (TPSA) is 128 Å². The number of ether oxygens (including phenoxy) is 1. The molecule has 4 N–H and O–H groups in total. The molecule has 43 heavy (non-hydrogen) atoms. The van der Waals surface area contributed by atoms with Crippen LogP contribution in [0.5, 0.6) is 5.75 Å². The summed E-state index contributed by atoms with van der Waals surface area (Å²) >= 11 is 0. The Morgan fingerprint density at radius 1 is 1.09 bits per heavy atom. The molecular formula is C25H26F9N5O4. The first-order chi connectivity index (χ1) is 19.8. The van der Waals surface area contributed by atoms with Gasteiger partial charge in [-0.05, 0) is 24.8 Å². The van der Waals surface area contributed by atoms with E-state index in [1.165, 1.54) is 0 Å². The Labute approximate surface area is 238 Å². The predicted molar refractivity (Wildman–Crippen MR) is 130 cm³/mol. The minimum Gasteiger partial charge on any atom is -0.496 e. The lowest BCUT2D eigenvalue weighted by Gasteiger charge is -2.24. The van der Waals surface area contributed by atoms with Crippen LogP contribution in [0.15, 0.2) is 6.07 Å². The number of nitrogens with one attached hydrogen (secondary N) is 4. The highest BCUT2D eigenvalue weighted by Gasteiger charge is 2.49. The Kier molecular flexibility index (Phi) is 9.81. The summed E-state index contributed by atoms with van der Waals surface area (Å²) < 4.78 is 130. The van der Waals surface area contributed by atoms with E-state index in [0.717, 1.165) is 0 Å². The van der Waals surface area contributed by atoms with Crippen molar-refractivity contribution in [3.05, 3.63) is 28.5 Å². The van der Waals surface area contributed by atoms with Gasteiger partial charge in [-0.2, -0.15) is 50.3 Å². The molecule has 1 aromatic heterocycles. The van der Waals surface area contributed by atoms with Crippen molar-refractivity contribution in [1.29, 1.82) is 5.26 Å². The molecule has 1 saturated heterocycles. The molecule has 0 bridgehead atoms. The van der Waals surface area contributed by atoms with Crippen LogP contribution in [0.3, 0.4) is 0 Å². The summed E-state index contributed by atoms with van der Waals surface area (Å²) in [6, 6.07) is 1.59. The lowest BCUT2D eigenvalue weighted by molar-refractivity contribution is -0.161. The largest absolute Gasteiger partial charge is 0.496 e. The van der Waals surface area contributed by atoms with Gasteiger partial charge in [0.1, 0.15) is 17.6 Å². The molecule has 9 nitrogen and oxygen atoms in total. The van der Waals surface area contributed by atoms with Crippen molar-refractivity contribution < 1.29 is 58.7 Å². The first kappa shape index (κ1) is 33.8. The average Bonchev–Trinajstić information content (AvgIpc) is 3.47. The molecule has 0 aliphatic carbocycles. The third-order valence-corrected chi connectivity index (χ3v) is 6.53. The van der Waals surface area contributed by atoms with Crippen molar-refractivity contribution in [2.45, 2.75) is 63.9 Å². The molecule has 3 atom stereocenters. The van der Waals surface area contributed by atoms with Crippen LogP contribution >= 0.6 is 0 Å². The Bertz CT molecular complexity index is 1390. The molecule has 2 unspecified atom stereocenters. The third kappa shape index (κ3) is 7.63. The van der Waals surface area contributed by atoms with Gasteiger partial charge in [0.2, 0.25) is 5.91 Å². The van der Waals surface area contributed by atoms with E-state index in [0.29, 0.717) is 20.1 Å². The maximum Gasteiger partial charge on any atom is 0.419 e. The summed E-state index contributed by atoms with van der Waals surface area (Å²) in [4.78, 5) is 31.9. The normalized spacial score (nSPS) is 17.6. The molecule has 0 saturated carbocycles. The number of aromatic amines is 1. The molecular weight excluding hydrogens is 605 g/mol. The van der Waals surface area contributed by atoms with E-state index in [1.54, 1.807) is 24.9 Å². The van der Waals surface area contributed by atoms with E-state index >= 15 is 0 Å². The minimum atomic E-state index is -5.80. The van der Waals surface area contributed by atoms with Crippen molar-refractivity contribution in [3.8, 4) is 11.8 Å². The van der Waals surface area contributed by atoms with E-state index in [-0.39, 0.29) is 30.7 Å². The first-order valence-corrected chi connectivity index (χ1v) is 12.7. The summed E-state index contributed by atoms with van der Waals surface area (Å²) in [6.45, 7) is 3.68. The van der Waals surface area contributed by atoms with Crippen molar-refractivity contribution >= 4 is 22.7 Å². The summed E-state index contributed by atoms with van der Waals surface area (Å²) in [6.07, 6.45) is -19.2. The van der Waals surface area contributed by atoms with Crippen LogP contribution in [0.25, 0.3) is 10.9 Å². The van der Waals surface area contributed by atoms with Gasteiger partial charge in [0.05, 0.1) is 40.8 Å². The highest BCUT2D eigenvalue weighted by molar-refractivity contribution is 6.05. The maximum atomic E-state index is 14.3. The van der Waals surface area contributed by atoms with Gasteiger partial charge in [0.15, 0.2) is 6.10 Å². The van der Waals surface area contributed by atoms with Crippen LogP contribution < -0.4 is 20.9 Å². The number of aromatic nitrogens is 1. The summed E-state index contributed by atoms with van der Waals surface area (Å²) in [5.74, 6) is -3.97. The van der Waals surface area contributed by atoms with E-state index in [4.69, 9.17) is 4.84 Å². The Morgan fingerprint density at radius 3 is 2.19 bits per heavy atom. The number of nitriles is 1. The lowest BCUT2D eigenvalue weighted by Crippen LogP contribution is -2.48. The first-order valence-electron chi connectivity index (χ1n) is 12.7. The molecule has 1 fully saturated rings. The number of carbonyl (C=O) groups is 2. The lowest BCUT2D eigenvalue weighted by atomic mass is 9.99. The number of rotatable bonds is 10. The highest BCUT2D eigenvalue weighted by atomic mass is 19.4. The van der Waals surface area contributed by atoms with Crippen LogP contribution in [0.2, 0.25) is 0 Å². The van der Waals surface area contributed by atoms with Gasteiger partial charge in [0, 0.05) is 18.9 Å². The molecule has 0 radical (unpaired) electrons. The van der Waals surface area contributed by atoms with Gasteiger partial charge in [0.25, 0.3) is 5.91 Å². The zero-order valence-corrected chi connectivity index (χ0v) is 22.7. The van der Waals surface area contributed by atoms with Crippen LogP contribution in [0.4, 0.5) is 39.5 Å². The van der Waals surface area contributed by atoms with Gasteiger partial charge < -0.3 is 20.4 Å². The van der Waals surface area contributed by atoms with E-state index in [1.807, 2.05) is 0 Å². The monoisotopic (exact) mass is 631 g/mol. The van der Waals surface area contributed by atoms with Gasteiger partial charge >= 0.3 is 18.5 Å². The second-order valence-electron chi connectivity index (χ2n) is 10.1. The number of halogens is 9. The van der Waals surface area contributed by atoms with Gasteiger partial charge in [-0.25, -0.2) is 0 Å². The third-order valence-electron chi connectivity index (χ3n) is 6.53. The number of alkyl halides is 9. The number of hydroxylamine groups is 1. The van der Waals surface area contributed by atoms with Crippen molar-refractivity contribution in [2.75, 3.05) is 13.7 Å². The number of benzene rings is 1. The number of hydrogen-bond acceptors (Lipinski definition) is 6. The summed E-state index contributed by atoms with van der Waals surface area (Å²) in [7, 11) is 0.663. The molecule has 2 amide bonds. The standard InChI is InChI=1S/C25H26F9N5O4/c1-10(2)6-15(39-43-12(9-35)7-11-4-5-36-21(11)40)37-22(41)20-18(25(32,33)34)16-14(42-3)8-13(23(26,27)28)17(19(16)38-20)24(29,30)31/h8,10-12,15,38-39H,4-7H2,1-3H3,(H,36,40)(H,37,41)/t11?,12?,15-/m1/s1. The molecule has 18 heteroatoms. The van der Waals surface area contributed by atoms with Crippen LogP contribution in [0.1, 0.15) is 60.3 Å². The molecule has 2 aromatic rings. The van der Waals surface area contributed by atoms with Crippen molar-refractivity contribution in [1.82, 2.24) is 21.1 Å². The molecule has 1 aliphatic heterocycles. The van der Waals surface area contributed by atoms with Gasteiger partial charge in [-0.3, -0.25) is 14.4 Å². The molecule has 2 heterocycles. The quantitative estimate of drug-likeness (QED) is 0.161. The SMILES string of the molecule is COc1cc(C(F)(F)F)c(C(F)(F)F)c2[nH]c(C(=O)N[C@@H](CC(C)C)NOC(C#N)CC3CCNC3=O)c(C(F)(F)F)c12. The highest BCUT2D eigenvalue weighted by Crippen LogP contribution is 2.50. The van der Waals surface area contributed by atoms with Crippen LogP contribution in [0, 0.1) is 23.2 Å². The number of amides is 2. The molecule has 0 spiro atoms. The predicted octanol–water partition coefficient (Wildman–Crippen LogP) is 5.27. The number of H-pyrrole nitrogens is 1. The number of fused-ring (bicyclic) bond motifs is 1. The fourth-order valence-electron chi connectivity index (χ4n) is 4.73. The smallest absolute Gasteiger partial charge is 0.419 e. The van der Waals surface area contributed by atoms with E-state index in [2.05, 4.69) is 20.9 Å². The Balaban J connectivity index is 2.07. The Morgan fingerprint density at radius 2 is 1.72 bits per heavy atom. The summed E-state index contributed by atoms with van der Waals surface area (Å²) in [5.41, 5.74) is -7.60. The maximum absolute atomic E-state index is 14.3.